The van der Waals surface area contributed by atoms with Crippen molar-refractivity contribution < 1.29 is 19.5 Å². The molecule has 0 bridgehead atoms. The highest BCUT2D eigenvalue weighted by Crippen LogP contribution is 2.35. The van der Waals surface area contributed by atoms with Gasteiger partial charge in [-0.15, -0.1) is 11.3 Å². The van der Waals surface area contributed by atoms with Crippen molar-refractivity contribution in [3.8, 4) is 0 Å². The SMILES string of the molecule is CC(=O)N(c1nc(/C=C2\SC(=S)N(CCC(=O)O)C2=O)cs1)c1cccc(C)c1C. The number of aliphatic carboxylic acids is 1. The van der Waals surface area contributed by atoms with Gasteiger partial charge in [-0.05, 0) is 37.1 Å². The van der Waals surface area contributed by atoms with Crippen molar-refractivity contribution in [2.75, 3.05) is 11.4 Å². The van der Waals surface area contributed by atoms with Crippen LogP contribution >= 0.6 is 35.3 Å². The van der Waals surface area contributed by atoms with Gasteiger partial charge < -0.3 is 5.11 Å². The molecular weight excluding hydrogens is 442 g/mol. The molecule has 2 heterocycles. The Labute approximate surface area is 187 Å². The average molecular weight is 462 g/mol. The third-order valence-electron chi connectivity index (χ3n) is 4.53. The first-order valence-corrected chi connectivity index (χ1v) is 11.1. The van der Waals surface area contributed by atoms with Gasteiger partial charge in [-0.1, -0.05) is 36.1 Å². The van der Waals surface area contributed by atoms with E-state index >= 15 is 0 Å². The van der Waals surface area contributed by atoms with E-state index in [9.17, 15) is 14.4 Å². The van der Waals surface area contributed by atoms with Gasteiger partial charge in [0.2, 0.25) is 5.91 Å². The normalized spacial score (nSPS) is 15.2. The fourth-order valence-corrected chi connectivity index (χ4v) is 5.00. The number of aryl methyl sites for hydroxylation is 1. The minimum Gasteiger partial charge on any atom is -0.481 e. The number of carboxylic acid groups (broad SMARTS) is 1. The summed E-state index contributed by atoms with van der Waals surface area (Å²) in [4.78, 5) is 43.5. The van der Waals surface area contributed by atoms with E-state index in [-0.39, 0.29) is 24.8 Å². The van der Waals surface area contributed by atoms with E-state index in [4.69, 9.17) is 17.3 Å². The zero-order chi connectivity index (χ0) is 22.0. The van der Waals surface area contributed by atoms with E-state index in [1.165, 1.54) is 23.2 Å². The van der Waals surface area contributed by atoms with Crippen LogP contribution in [0.25, 0.3) is 6.08 Å². The number of carbonyl (C=O) groups is 3. The molecule has 2 amide bonds. The lowest BCUT2D eigenvalue weighted by Gasteiger charge is -2.21. The number of nitrogens with zero attached hydrogens (tertiary/aromatic N) is 3. The fourth-order valence-electron chi connectivity index (χ4n) is 2.86. The highest BCUT2D eigenvalue weighted by molar-refractivity contribution is 8.26. The third kappa shape index (κ3) is 4.61. The summed E-state index contributed by atoms with van der Waals surface area (Å²) in [6, 6.07) is 5.75. The van der Waals surface area contributed by atoms with Gasteiger partial charge in [0.25, 0.3) is 5.91 Å². The van der Waals surface area contributed by atoms with E-state index < -0.39 is 5.97 Å². The Morgan fingerprint density at radius 1 is 1.33 bits per heavy atom. The molecule has 1 saturated heterocycles. The van der Waals surface area contributed by atoms with Gasteiger partial charge in [-0.3, -0.25) is 24.2 Å². The minimum absolute atomic E-state index is 0.0321. The van der Waals surface area contributed by atoms with Gasteiger partial charge in [-0.2, -0.15) is 0 Å². The molecule has 156 valence electrons. The van der Waals surface area contributed by atoms with Crippen LogP contribution in [0.4, 0.5) is 10.8 Å². The van der Waals surface area contributed by atoms with E-state index in [2.05, 4.69) is 4.98 Å². The van der Waals surface area contributed by atoms with E-state index in [1.807, 2.05) is 32.0 Å². The number of aromatic nitrogens is 1. The lowest BCUT2D eigenvalue weighted by atomic mass is 10.1. The molecule has 1 aliphatic heterocycles. The Morgan fingerprint density at radius 2 is 2.07 bits per heavy atom. The van der Waals surface area contributed by atoms with Crippen LogP contribution in [0, 0.1) is 13.8 Å². The van der Waals surface area contributed by atoms with Crippen LogP contribution in [0.2, 0.25) is 0 Å². The van der Waals surface area contributed by atoms with Crippen LogP contribution in [-0.2, 0) is 14.4 Å². The molecule has 0 spiro atoms. The first-order chi connectivity index (χ1) is 14.2. The Bertz CT molecular complexity index is 1080. The van der Waals surface area contributed by atoms with Gasteiger partial charge in [0.15, 0.2) is 5.13 Å². The number of anilines is 2. The van der Waals surface area contributed by atoms with Gasteiger partial charge in [0, 0.05) is 18.8 Å². The first-order valence-electron chi connectivity index (χ1n) is 8.98. The first kappa shape index (κ1) is 22.1. The molecule has 30 heavy (non-hydrogen) atoms. The molecule has 1 aromatic heterocycles. The number of thioether (sulfide) groups is 1. The molecule has 10 heteroatoms. The smallest absolute Gasteiger partial charge is 0.305 e. The number of hydrogen-bond donors (Lipinski definition) is 1. The molecular formula is C20H19N3O4S3. The van der Waals surface area contributed by atoms with Crippen LogP contribution in [0.1, 0.15) is 30.2 Å². The molecule has 1 aliphatic rings. The molecule has 1 aromatic carbocycles. The highest BCUT2D eigenvalue weighted by atomic mass is 32.2. The molecule has 0 radical (unpaired) electrons. The predicted molar refractivity (Wildman–Crippen MR) is 123 cm³/mol. The highest BCUT2D eigenvalue weighted by Gasteiger charge is 2.32. The number of thiocarbonyl (C=S) groups is 1. The van der Waals surface area contributed by atoms with Crippen molar-refractivity contribution in [1.29, 1.82) is 0 Å². The monoisotopic (exact) mass is 461 g/mol. The number of thiazole rings is 1. The third-order valence-corrected chi connectivity index (χ3v) is 6.76. The zero-order valence-corrected chi connectivity index (χ0v) is 19.0. The summed E-state index contributed by atoms with van der Waals surface area (Å²) in [6.07, 6.45) is 1.44. The van der Waals surface area contributed by atoms with Gasteiger partial charge in [-0.25, -0.2) is 4.98 Å². The summed E-state index contributed by atoms with van der Waals surface area (Å²) in [5, 5.41) is 11.1. The van der Waals surface area contributed by atoms with Crippen molar-refractivity contribution in [3.05, 3.63) is 45.3 Å². The predicted octanol–water partition coefficient (Wildman–Crippen LogP) is 4.12. The average Bonchev–Trinajstić information content (AvgIpc) is 3.22. The molecule has 1 fully saturated rings. The van der Waals surface area contributed by atoms with Crippen molar-refractivity contribution in [2.45, 2.75) is 27.2 Å². The summed E-state index contributed by atoms with van der Waals surface area (Å²) in [6.45, 7) is 5.45. The van der Waals surface area contributed by atoms with Crippen molar-refractivity contribution >= 4 is 74.3 Å². The Hall–Kier alpha value is -2.56. The summed E-state index contributed by atoms with van der Waals surface area (Å²) < 4.78 is 0.323. The Kier molecular flexibility index (Phi) is 6.69. The quantitative estimate of drug-likeness (QED) is 0.511. The van der Waals surface area contributed by atoms with Crippen LogP contribution in [0.5, 0.6) is 0 Å². The lowest BCUT2D eigenvalue weighted by molar-refractivity contribution is -0.137. The van der Waals surface area contributed by atoms with Crippen molar-refractivity contribution in [3.63, 3.8) is 0 Å². The molecule has 0 saturated carbocycles. The summed E-state index contributed by atoms with van der Waals surface area (Å²) in [5.74, 6) is -1.49. The summed E-state index contributed by atoms with van der Waals surface area (Å²) >= 11 is 7.61. The van der Waals surface area contributed by atoms with E-state index in [1.54, 1.807) is 16.4 Å². The van der Waals surface area contributed by atoms with Gasteiger partial charge in [0.05, 0.1) is 22.7 Å². The van der Waals surface area contributed by atoms with Crippen LogP contribution in [-0.4, -0.2) is 43.6 Å². The lowest BCUT2D eigenvalue weighted by Crippen LogP contribution is -2.30. The van der Waals surface area contributed by atoms with Gasteiger partial charge in [0.1, 0.15) is 4.32 Å². The molecule has 7 nitrogen and oxygen atoms in total. The largest absolute Gasteiger partial charge is 0.481 e. The summed E-state index contributed by atoms with van der Waals surface area (Å²) in [7, 11) is 0. The number of carboxylic acids is 1. The van der Waals surface area contributed by atoms with E-state index in [0.717, 1.165) is 28.6 Å². The van der Waals surface area contributed by atoms with E-state index in [0.29, 0.717) is 20.1 Å². The second kappa shape index (κ2) is 9.07. The number of benzene rings is 1. The summed E-state index contributed by atoms with van der Waals surface area (Å²) in [5.41, 5.74) is 3.36. The maximum absolute atomic E-state index is 12.6. The minimum atomic E-state index is -0.993. The molecule has 0 unspecified atom stereocenters. The van der Waals surface area contributed by atoms with Crippen molar-refractivity contribution in [2.24, 2.45) is 0 Å². The number of rotatable bonds is 6. The maximum Gasteiger partial charge on any atom is 0.305 e. The standard InChI is InChI=1S/C20H19N3O4S3/c1-11-5-4-6-15(12(11)2)23(13(3)24)19-21-14(10-29-19)9-16-18(27)22(20(28)30-16)8-7-17(25)26/h4-6,9-10H,7-8H2,1-3H3,(H,25,26)/b16-9-. The molecule has 0 atom stereocenters. The van der Waals surface area contributed by atoms with Crippen LogP contribution < -0.4 is 4.90 Å². The zero-order valence-electron chi connectivity index (χ0n) is 16.5. The number of amides is 2. The molecule has 3 rings (SSSR count). The van der Waals surface area contributed by atoms with Gasteiger partial charge >= 0.3 is 5.97 Å². The second-order valence-corrected chi connectivity index (χ2v) is 9.12. The maximum atomic E-state index is 12.6. The number of carbonyl (C=O) groups excluding carboxylic acids is 2. The molecule has 2 aromatic rings. The topological polar surface area (TPSA) is 90.8 Å². The molecule has 1 N–H and O–H groups in total. The Morgan fingerprint density at radius 3 is 2.73 bits per heavy atom. The molecule has 0 aliphatic carbocycles. The second-order valence-electron chi connectivity index (χ2n) is 6.61. The number of hydrogen-bond acceptors (Lipinski definition) is 7. The van der Waals surface area contributed by atoms with Crippen molar-refractivity contribution in [1.82, 2.24) is 9.88 Å². The van der Waals surface area contributed by atoms with Crippen LogP contribution in [0.3, 0.4) is 0 Å². The Balaban J connectivity index is 1.87. The fraction of sp³-hybridized carbons (Fsp3) is 0.250. The van der Waals surface area contributed by atoms with Crippen LogP contribution in [0.15, 0.2) is 28.5 Å².